The smallest absolute Gasteiger partial charge is 0.0623 e. The van der Waals surface area contributed by atoms with Gasteiger partial charge < -0.3 is 10.1 Å². The van der Waals surface area contributed by atoms with Crippen molar-refractivity contribution in [1.82, 2.24) is 5.32 Å². The SMILES string of the molecule is CCCNC(CC)COC(C)CCC. The highest BCUT2D eigenvalue weighted by molar-refractivity contribution is 4.64. The van der Waals surface area contributed by atoms with E-state index in [9.17, 15) is 0 Å². The fourth-order valence-corrected chi connectivity index (χ4v) is 1.44. The lowest BCUT2D eigenvalue weighted by Gasteiger charge is -2.19. The van der Waals surface area contributed by atoms with Crippen LogP contribution in [0.1, 0.15) is 53.4 Å². The number of rotatable bonds is 9. The van der Waals surface area contributed by atoms with Crippen molar-refractivity contribution in [2.24, 2.45) is 0 Å². The summed E-state index contributed by atoms with van der Waals surface area (Å²) < 4.78 is 5.77. The number of nitrogens with one attached hydrogen (secondary N) is 1. The lowest BCUT2D eigenvalue weighted by atomic mass is 10.2. The minimum atomic E-state index is 0.414. The highest BCUT2D eigenvalue weighted by atomic mass is 16.5. The first-order chi connectivity index (χ1) is 6.74. The van der Waals surface area contributed by atoms with Crippen LogP contribution in [0.2, 0.25) is 0 Å². The van der Waals surface area contributed by atoms with Gasteiger partial charge in [0.25, 0.3) is 0 Å². The summed E-state index contributed by atoms with van der Waals surface area (Å²) in [6.45, 7) is 10.7. The Hall–Kier alpha value is -0.0800. The van der Waals surface area contributed by atoms with E-state index >= 15 is 0 Å². The zero-order valence-corrected chi connectivity index (χ0v) is 10.3. The van der Waals surface area contributed by atoms with Crippen LogP contribution in [0.25, 0.3) is 0 Å². The predicted molar refractivity (Wildman–Crippen MR) is 62.7 cm³/mol. The molecule has 0 aliphatic rings. The Kier molecular flexibility index (Phi) is 9.42. The summed E-state index contributed by atoms with van der Waals surface area (Å²) in [5, 5.41) is 3.49. The molecule has 2 unspecified atom stereocenters. The van der Waals surface area contributed by atoms with E-state index in [0.29, 0.717) is 12.1 Å². The Morgan fingerprint density at radius 3 is 2.36 bits per heavy atom. The highest BCUT2D eigenvalue weighted by Crippen LogP contribution is 2.02. The first-order valence-corrected chi connectivity index (χ1v) is 6.09. The van der Waals surface area contributed by atoms with Gasteiger partial charge in [0.05, 0.1) is 12.7 Å². The third kappa shape index (κ3) is 7.34. The van der Waals surface area contributed by atoms with E-state index in [1.807, 2.05) is 0 Å². The quantitative estimate of drug-likeness (QED) is 0.619. The molecule has 0 fully saturated rings. The zero-order chi connectivity index (χ0) is 10.8. The van der Waals surface area contributed by atoms with Gasteiger partial charge in [-0.1, -0.05) is 27.2 Å². The third-order valence-corrected chi connectivity index (χ3v) is 2.45. The molecule has 0 spiro atoms. The minimum absolute atomic E-state index is 0.414. The molecule has 0 amide bonds. The molecular weight excluding hydrogens is 174 g/mol. The fourth-order valence-electron chi connectivity index (χ4n) is 1.44. The van der Waals surface area contributed by atoms with E-state index in [1.165, 1.54) is 19.3 Å². The molecule has 2 heteroatoms. The van der Waals surface area contributed by atoms with Gasteiger partial charge in [0.2, 0.25) is 0 Å². The molecule has 0 bridgehead atoms. The Balaban J connectivity index is 3.50. The second kappa shape index (κ2) is 9.47. The van der Waals surface area contributed by atoms with Crippen LogP contribution in [0.4, 0.5) is 0 Å². The van der Waals surface area contributed by atoms with Crippen molar-refractivity contribution in [2.75, 3.05) is 13.2 Å². The van der Waals surface area contributed by atoms with Gasteiger partial charge in [0.1, 0.15) is 0 Å². The van der Waals surface area contributed by atoms with Crippen molar-refractivity contribution in [2.45, 2.75) is 65.5 Å². The molecule has 0 aliphatic heterocycles. The topological polar surface area (TPSA) is 21.3 Å². The molecule has 0 radical (unpaired) electrons. The molecule has 86 valence electrons. The lowest BCUT2D eigenvalue weighted by molar-refractivity contribution is 0.0436. The minimum Gasteiger partial charge on any atom is -0.377 e. The van der Waals surface area contributed by atoms with Gasteiger partial charge in [-0.2, -0.15) is 0 Å². The maximum atomic E-state index is 5.77. The Labute approximate surface area is 89.4 Å². The van der Waals surface area contributed by atoms with E-state index in [-0.39, 0.29) is 0 Å². The van der Waals surface area contributed by atoms with E-state index in [2.05, 4.69) is 33.0 Å². The summed E-state index contributed by atoms with van der Waals surface area (Å²) in [6, 6.07) is 0.536. The van der Waals surface area contributed by atoms with Gasteiger partial charge in [0, 0.05) is 6.04 Å². The summed E-state index contributed by atoms with van der Waals surface area (Å²) in [7, 11) is 0. The van der Waals surface area contributed by atoms with Crippen molar-refractivity contribution in [3.63, 3.8) is 0 Å². The van der Waals surface area contributed by atoms with Gasteiger partial charge in [-0.15, -0.1) is 0 Å². The molecule has 14 heavy (non-hydrogen) atoms. The monoisotopic (exact) mass is 201 g/mol. The van der Waals surface area contributed by atoms with Crippen LogP contribution >= 0.6 is 0 Å². The molecule has 2 atom stereocenters. The van der Waals surface area contributed by atoms with Gasteiger partial charge in [-0.3, -0.25) is 0 Å². The molecular formula is C12H27NO. The lowest BCUT2D eigenvalue weighted by Crippen LogP contribution is -2.34. The average Bonchev–Trinajstić information content (AvgIpc) is 2.19. The largest absolute Gasteiger partial charge is 0.377 e. The van der Waals surface area contributed by atoms with Gasteiger partial charge in [-0.25, -0.2) is 0 Å². The fraction of sp³-hybridized carbons (Fsp3) is 1.00. The molecule has 0 saturated heterocycles. The van der Waals surface area contributed by atoms with Crippen LogP contribution in [0.3, 0.4) is 0 Å². The van der Waals surface area contributed by atoms with Crippen LogP contribution < -0.4 is 5.32 Å². The maximum Gasteiger partial charge on any atom is 0.0623 e. The van der Waals surface area contributed by atoms with Gasteiger partial charge in [-0.05, 0) is 32.7 Å². The summed E-state index contributed by atoms with van der Waals surface area (Å²) >= 11 is 0. The molecule has 2 nitrogen and oxygen atoms in total. The van der Waals surface area contributed by atoms with E-state index < -0.39 is 0 Å². The normalized spacial score (nSPS) is 15.4. The van der Waals surface area contributed by atoms with Gasteiger partial charge >= 0.3 is 0 Å². The van der Waals surface area contributed by atoms with Gasteiger partial charge in [0.15, 0.2) is 0 Å². The van der Waals surface area contributed by atoms with Crippen molar-refractivity contribution < 1.29 is 4.74 Å². The molecule has 0 rings (SSSR count). The molecule has 0 heterocycles. The van der Waals surface area contributed by atoms with Crippen molar-refractivity contribution in [1.29, 1.82) is 0 Å². The van der Waals surface area contributed by atoms with E-state index in [4.69, 9.17) is 4.74 Å². The Morgan fingerprint density at radius 2 is 1.86 bits per heavy atom. The van der Waals surface area contributed by atoms with Crippen LogP contribution in [-0.4, -0.2) is 25.3 Å². The van der Waals surface area contributed by atoms with Crippen LogP contribution in [0.5, 0.6) is 0 Å². The van der Waals surface area contributed by atoms with Crippen molar-refractivity contribution in [3.05, 3.63) is 0 Å². The van der Waals surface area contributed by atoms with E-state index in [0.717, 1.165) is 19.6 Å². The number of hydrogen-bond donors (Lipinski definition) is 1. The molecule has 0 aromatic rings. The molecule has 0 aromatic carbocycles. The van der Waals surface area contributed by atoms with E-state index in [1.54, 1.807) is 0 Å². The molecule has 0 aliphatic carbocycles. The highest BCUT2D eigenvalue weighted by Gasteiger charge is 2.07. The second-order valence-corrected chi connectivity index (χ2v) is 3.99. The van der Waals surface area contributed by atoms with Crippen molar-refractivity contribution >= 4 is 0 Å². The number of hydrogen-bond acceptors (Lipinski definition) is 2. The molecule has 1 N–H and O–H groups in total. The summed E-state index contributed by atoms with van der Waals surface area (Å²) in [5.41, 5.74) is 0. The molecule has 0 saturated carbocycles. The second-order valence-electron chi connectivity index (χ2n) is 3.99. The summed E-state index contributed by atoms with van der Waals surface area (Å²) in [5.74, 6) is 0. The Morgan fingerprint density at radius 1 is 1.14 bits per heavy atom. The van der Waals surface area contributed by atoms with Crippen LogP contribution in [0.15, 0.2) is 0 Å². The number of ether oxygens (including phenoxy) is 1. The first kappa shape index (κ1) is 13.9. The van der Waals surface area contributed by atoms with Crippen LogP contribution in [-0.2, 0) is 4.74 Å². The summed E-state index contributed by atoms with van der Waals surface area (Å²) in [4.78, 5) is 0. The predicted octanol–water partition coefficient (Wildman–Crippen LogP) is 2.97. The zero-order valence-electron chi connectivity index (χ0n) is 10.3. The third-order valence-electron chi connectivity index (χ3n) is 2.45. The standard InChI is InChI=1S/C12H27NO/c1-5-8-11(4)14-10-12(7-3)13-9-6-2/h11-13H,5-10H2,1-4H3. The van der Waals surface area contributed by atoms with Crippen molar-refractivity contribution in [3.8, 4) is 0 Å². The average molecular weight is 201 g/mol. The summed E-state index contributed by atoms with van der Waals surface area (Å²) in [6.07, 6.45) is 5.14. The molecule has 0 aromatic heterocycles. The Bertz CT molecular complexity index is 117. The maximum absolute atomic E-state index is 5.77. The first-order valence-electron chi connectivity index (χ1n) is 6.09. The van der Waals surface area contributed by atoms with Crippen LogP contribution in [0, 0.1) is 0 Å².